The summed E-state index contributed by atoms with van der Waals surface area (Å²) in [5, 5.41) is 14.6. The Balaban J connectivity index is 1.69. The number of carbonyl (C=O) groups excluding carboxylic acids is 3. The van der Waals surface area contributed by atoms with Gasteiger partial charge in [0.25, 0.3) is 5.91 Å². The van der Waals surface area contributed by atoms with Crippen LogP contribution in [0.4, 0.5) is 13.2 Å². The molecule has 2 aliphatic heterocycles. The topological polar surface area (TPSA) is 131 Å². The van der Waals surface area contributed by atoms with E-state index < -0.39 is 53.6 Å². The van der Waals surface area contributed by atoms with Gasteiger partial charge < -0.3 is 15.2 Å². The van der Waals surface area contributed by atoms with Crippen molar-refractivity contribution in [1.82, 2.24) is 20.0 Å². The second-order valence-corrected chi connectivity index (χ2v) is 7.92. The summed E-state index contributed by atoms with van der Waals surface area (Å²) in [6.07, 6.45) is -4.65. The maximum absolute atomic E-state index is 12.8. The number of halogens is 3. The summed E-state index contributed by atoms with van der Waals surface area (Å²) < 4.78 is 44.0. The molecule has 1 saturated heterocycles. The number of carboxylic acid groups (broad SMARTS) is 1. The van der Waals surface area contributed by atoms with Crippen molar-refractivity contribution < 1.29 is 42.2 Å². The van der Waals surface area contributed by atoms with Crippen molar-refractivity contribution in [3.63, 3.8) is 0 Å². The molecule has 1 aromatic rings. The highest BCUT2D eigenvalue weighted by atomic mass is 32.2. The van der Waals surface area contributed by atoms with Gasteiger partial charge in [0.15, 0.2) is 5.69 Å². The first-order valence-electron chi connectivity index (χ1n) is 8.84. The molecule has 0 spiro atoms. The number of alkyl halides is 3. The van der Waals surface area contributed by atoms with Gasteiger partial charge in [-0.15, -0.1) is 11.8 Å². The summed E-state index contributed by atoms with van der Waals surface area (Å²) in [4.78, 5) is 48.4. The van der Waals surface area contributed by atoms with Crippen LogP contribution in [0.3, 0.4) is 0 Å². The number of esters is 1. The van der Waals surface area contributed by atoms with E-state index in [4.69, 9.17) is 4.74 Å². The lowest BCUT2D eigenvalue weighted by atomic mass is 10.0. The summed E-state index contributed by atoms with van der Waals surface area (Å²) >= 11 is 1.17. The molecule has 3 rings (SSSR count). The molecule has 0 unspecified atom stereocenters. The van der Waals surface area contributed by atoms with Crippen LogP contribution in [0.5, 0.6) is 0 Å². The van der Waals surface area contributed by atoms with Crippen LogP contribution in [0.25, 0.3) is 0 Å². The Labute approximate surface area is 177 Å². The van der Waals surface area contributed by atoms with Crippen LogP contribution >= 0.6 is 11.8 Å². The molecule has 0 aromatic carbocycles. The number of nitrogens with one attached hydrogen (secondary N) is 1. The molecular weight excluding hydrogens is 445 g/mol. The Morgan fingerprint density at radius 3 is 2.61 bits per heavy atom. The van der Waals surface area contributed by atoms with Crippen LogP contribution in [-0.4, -0.2) is 67.3 Å². The number of thioether (sulfide) groups is 1. The van der Waals surface area contributed by atoms with Gasteiger partial charge in [0.05, 0.1) is 0 Å². The second-order valence-electron chi connectivity index (χ2n) is 6.82. The monoisotopic (exact) mass is 462 g/mol. The lowest BCUT2D eigenvalue weighted by molar-refractivity contribution is -0.151. The number of nitrogens with zero attached hydrogens (tertiary/aromatic N) is 3. The predicted octanol–water partition coefficient (Wildman–Crippen LogP) is 0.512. The van der Waals surface area contributed by atoms with Crippen molar-refractivity contribution in [3.8, 4) is 0 Å². The van der Waals surface area contributed by atoms with E-state index in [1.807, 2.05) is 0 Å². The molecule has 2 atom stereocenters. The van der Waals surface area contributed by atoms with E-state index in [1.54, 1.807) is 0 Å². The summed E-state index contributed by atoms with van der Waals surface area (Å²) in [5.74, 6) is -3.26. The standard InChI is InChI=1S/C17H17F3N4O6S/c1-7-3-10(17(18,19)20)22-23(7)4-11(26)21-12-14(27)24-13(16(28)29)9(5-30-8(2)25)6-31-15(12)24/h3,12,15H,4-6H2,1-2H3,(H,21,26)(H,28,29)/t12-,15+/m1/s1. The molecule has 1 fully saturated rings. The van der Waals surface area contributed by atoms with Crippen molar-refractivity contribution in [3.05, 3.63) is 28.7 Å². The molecule has 0 aliphatic carbocycles. The molecule has 0 radical (unpaired) electrons. The summed E-state index contributed by atoms with van der Waals surface area (Å²) in [7, 11) is 0. The Morgan fingerprint density at radius 2 is 2.06 bits per heavy atom. The van der Waals surface area contributed by atoms with Gasteiger partial charge in [-0.25, -0.2) is 4.79 Å². The van der Waals surface area contributed by atoms with Gasteiger partial charge in [-0.3, -0.25) is 24.0 Å². The molecule has 2 N–H and O–H groups in total. The number of ether oxygens (including phenoxy) is 1. The molecule has 0 bridgehead atoms. The first kappa shape index (κ1) is 22.7. The molecule has 3 heterocycles. The minimum absolute atomic E-state index is 0.113. The van der Waals surface area contributed by atoms with Crippen molar-refractivity contribution in [1.29, 1.82) is 0 Å². The summed E-state index contributed by atoms with van der Waals surface area (Å²) in [5.41, 5.74) is -1.09. The van der Waals surface area contributed by atoms with E-state index in [9.17, 15) is 37.5 Å². The lowest BCUT2D eigenvalue weighted by Gasteiger charge is -2.49. The fraction of sp³-hybridized carbons (Fsp3) is 0.471. The molecular formula is C17H17F3N4O6S. The predicted molar refractivity (Wildman–Crippen MR) is 98.3 cm³/mol. The van der Waals surface area contributed by atoms with Crippen molar-refractivity contribution >= 4 is 35.5 Å². The molecule has 168 valence electrons. The maximum atomic E-state index is 12.8. The third-order valence-corrected chi connectivity index (χ3v) is 5.92. The largest absolute Gasteiger partial charge is 0.477 e. The normalized spacial score (nSPS) is 20.8. The molecule has 2 aliphatic rings. The van der Waals surface area contributed by atoms with Crippen molar-refractivity contribution in [2.45, 2.75) is 38.0 Å². The zero-order valence-corrected chi connectivity index (χ0v) is 17.0. The third-order valence-electron chi connectivity index (χ3n) is 4.58. The van der Waals surface area contributed by atoms with E-state index >= 15 is 0 Å². The fourth-order valence-corrected chi connectivity index (χ4v) is 4.47. The van der Waals surface area contributed by atoms with Crippen LogP contribution in [0, 0.1) is 6.92 Å². The van der Waals surface area contributed by atoms with Gasteiger partial charge in [0, 0.05) is 23.9 Å². The fourth-order valence-electron chi connectivity index (χ4n) is 3.15. The number of aryl methyl sites for hydroxylation is 1. The van der Waals surface area contributed by atoms with Crippen LogP contribution < -0.4 is 5.32 Å². The van der Waals surface area contributed by atoms with Crippen molar-refractivity contribution in [2.75, 3.05) is 12.4 Å². The first-order valence-corrected chi connectivity index (χ1v) is 9.89. The smallest absolute Gasteiger partial charge is 0.435 e. The minimum atomic E-state index is -4.65. The van der Waals surface area contributed by atoms with Gasteiger partial charge in [-0.05, 0) is 13.0 Å². The first-order chi connectivity index (χ1) is 14.4. The van der Waals surface area contributed by atoms with Crippen LogP contribution in [-0.2, 0) is 36.6 Å². The quantitative estimate of drug-likeness (QED) is 0.462. The molecule has 31 heavy (non-hydrogen) atoms. The highest BCUT2D eigenvalue weighted by Crippen LogP contribution is 2.40. The van der Waals surface area contributed by atoms with Gasteiger partial charge in [-0.2, -0.15) is 18.3 Å². The average Bonchev–Trinajstić information content (AvgIpc) is 3.04. The number of aromatic nitrogens is 2. The van der Waals surface area contributed by atoms with E-state index in [0.29, 0.717) is 0 Å². The molecule has 14 heteroatoms. The molecule has 0 saturated carbocycles. The van der Waals surface area contributed by atoms with Gasteiger partial charge in [0.2, 0.25) is 5.91 Å². The van der Waals surface area contributed by atoms with Crippen LogP contribution in [0.15, 0.2) is 17.3 Å². The number of rotatable bonds is 6. The molecule has 10 nitrogen and oxygen atoms in total. The minimum Gasteiger partial charge on any atom is -0.477 e. The number of hydrogen-bond acceptors (Lipinski definition) is 7. The zero-order valence-electron chi connectivity index (χ0n) is 16.2. The second kappa shape index (κ2) is 8.24. The highest BCUT2D eigenvalue weighted by Gasteiger charge is 2.54. The van der Waals surface area contributed by atoms with E-state index in [-0.39, 0.29) is 29.3 Å². The Hall–Kier alpha value is -3.03. The Bertz CT molecular complexity index is 989. The van der Waals surface area contributed by atoms with Crippen LogP contribution in [0.1, 0.15) is 18.3 Å². The number of carboxylic acids is 1. The summed E-state index contributed by atoms with van der Waals surface area (Å²) in [6.45, 7) is 1.70. The number of amides is 2. The Kier molecular flexibility index (Phi) is 6.02. The van der Waals surface area contributed by atoms with E-state index in [2.05, 4.69) is 10.4 Å². The van der Waals surface area contributed by atoms with E-state index in [1.165, 1.54) is 25.6 Å². The van der Waals surface area contributed by atoms with Crippen LogP contribution in [0.2, 0.25) is 0 Å². The van der Waals surface area contributed by atoms with Gasteiger partial charge >= 0.3 is 18.1 Å². The number of aliphatic carboxylic acids is 1. The number of carbonyl (C=O) groups is 4. The lowest BCUT2D eigenvalue weighted by Crippen LogP contribution is -2.70. The maximum Gasteiger partial charge on any atom is 0.435 e. The Morgan fingerprint density at radius 1 is 1.39 bits per heavy atom. The third kappa shape index (κ3) is 4.52. The number of β-lactam (4-membered cyclic amide) rings is 1. The van der Waals surface area contributed by atoms with E-state index in [0.717, 1.165) is 15.6 Å². The molecule has 1 aromatic heterocycles. The number of fused-ring (bicyclic) bond motifs is 1. The van der Waals surface area contributed by atoms with Gasteiger partial charge in [0.1, 0.15) is 30.3 Å². The van der Waals surface area contributed by atoms with Gasteiger partial charge in [-0.1, -0.05) is 0 Å². The zero-order chi connectivity index (χ0) is 23.1. The average molecular weight is 462 g/mol. The SMILES string of the molecule is CC(=O)OCC1=C(C(=O)O)N2C(=O)[C@@H](NC(=O)Cn3nc(C(F)(F)F)cc3C)[C@@H]2SC1. The summed E-state index contributed by atoms with van der Waals surface area (Å²) in [6, 6.07) is -0.241. The molecule has 2 amide bonds. The highest BCUT2D eigenvalue weighted by molar-refractivity contribution is 8.00. The van der Waals surface area contributed by atoms with Crippen molar-refractivity contribution in [2.24, 2.45) is 0 Å². The number of hydrogen-bond donors (Lipinski definition) is 2.